The first-order valence-corrected chi connectivity index (χ1v) is 7.72. The van der Waals surface area contributed by atoms with Crippen LogP contribution in [-0.4, -0.2) is 19.4 Å². The van der Waals surface area contributed by atoms with Gasteiger partial charge in [0.05, 0.1) is 11.4 Å². The van der Waals surface area contributed by atoms with Gasteiger partial charge in [0.25, 0.3) is 0 Å². The highest BCUT2D eigenvalue weighted by atomic mass is 16.5. The minimum absolute atomic E-state index is 0.168. The van der Waals surface area contributed by atoms with Crippen molar-refractivity contribution in [3.63, 3.8) is 0 Å². The van der Waals surface area contributed by atoms with Crippen molar-refractivity contribution in [1.82, 2.24) is 0 Å². The van der Waals surface area contributed by atoms with Crippen LogP contribution in [0.3, 0.4) is 0 Å². The monoisotopic (exact) mass is 280 g/mol. The lowest BCUT2D eigenvalue weighted by molar-refractivity contribution is -0.00515. The molecule has 0 amide bonds. The molecule has 0 bridgehead atoms. The summed E-state index contributed by atoms with van der Waals surface area (Å²) < 4.78 is 6.10. The van der Waals surface area contributed by atoms with Crippen molar-refractivity contribution in [1.29, 1.82) is 0 Å². The van der Waals surface area contributed by atoms with Crippen LogP contribution in [0.15, 0.2) is 60.7 Å². The van der Waals surface area contributed by atoms with Gasteiger partial charge in [0, 0.05) is 19.1 Å². The fourth-order valence-corrected chi connectivity index (χ4v) is 3.42. The molecular weight excluding hydrogens is 260 g/mol. The molecule has 21 heavy (non-hydrogen) atoms. The summed E-state index contributed by atoms with van der Waals surface area (Å²) in [5.74, 6) is 0.583. The van der Waals surface area contributed by atoms with E-state index in [9.17, 15) is 0 Å². The van der Waals surface area contributed by atoms with E-state index in [0.29, 0.717) is 5.92 Å². The van der Waals surface area contributed by atoms with Gasteiger partial charge in [0.2, 0.25) is 0 Å². The van der Waals surface area contributed by atoms with Crippen molar-refractivity contribution >= 4 is 11.4 Å². The average molecular weight is 280 g/mol. The van der Waals surface area contributed by atoms with Crippen molar-refractivity contribution in [2.75, 3.05) is 23.2 Å². The summed E-state index contributed by atoms with van der Waals surface area (Å²) >= 11 is 0. The molecule has 2 aromatic rings. The number of anilines is 2. The molecule has 2 unspecified atom stereocenters. The third kappa shape index (κ3) is 2.28. The molecule has 0 N–H and O–H groups in total. The zero-order valence-corrected chi connectivity index (χ0v) is 12.1. The Balaban J connectivity index is 1.74. The fourth-order valence-electron chi connectivity index (χ4n) is 3.42. The van der Waals surface area contributed by atoms with Crippen LogP contribution >= 0.6 is 0 Å². The summed E-state index contributed by atoms with van der Waals surface area (Å²) in [7, 11) is 0. The molecule has 0 saturated carbocycles. The van der Waals surface area contributed by atoms with Gasteiger partial charge in [-0.05, 0) is 37.1 Å². The topological polar surface area (TPSA) is 15.7 Å². The molecule has 3 nitrogen and oxygen atoms in total. The van der Waals surface area contributed by atoms with Crippen molar-refractivity contribution in [2.24, 2.45) is 5.92 Å². The molecule has 2 atom stereocenters. The summed E-state index contributed by atoms with van der Waals surface area (Å²) in [6, 6.07) is 21.2. The minimum Gasteiger partial charge on any atom is -0.356 e. The summed E-state index contributed by atoms with van der Waals surface area (Å²) in [5.41, 5.74) is 2.44. The van der Waals surface area contributed by atoms with E-state index in [4.69, 9.17) is 4.74 Å². The number of hydrazine groups is 1. The summed E-state index contributed by atoms with van der Waals surface area (Å²) in [6.07, 6.45) is 2.59. The van der Waals surface area contributed by atoms with Gasteiger partial charge >= 0.3 is 0 Å². The second-order valence-corrected chi connectivity index (χ2v) is 5.76. The highest BCUT2D eigenvalue weighted by Crippen LogP contribution is 2.38. The van der Waals surface area contributed by atoms with Crippen LogP contribution in [-0.2, 0) is 4.74 Å². The lowest BCUT2D eigenvalue weighted by atomic mass is 10.0. The van der Waals surface area contributed by atoms with Gasteiger partial charge < -0.3 is 4.74 Å². The van der Waals surface area contributed by atoms with Crippen molar-refractivity contribution in [3.8, 4) is 0 Å². The van der Waals surface area contributed by atoms with Gasteiger partial charge in [-0.3, -0.25) is 10.0 Å². The maximum absolute atomic E-state index is 6.10. The molecule has 2 heterocycles. The molecule has 2 saturated heterocycles. The average Bonchev–Trinajstić information content (AvgIpc) is 2.96. The molecule has 2 fully saturated rings. The van der Waals surface area contributed by atoms with Gasteiger partial charge in [-0.15, -0.1) is 0 Å². The first-order valence-electron chi connectivity index (χ1n) is 7.72. The Hall–Kier alpha value is -2.00. The number of para-hydroxylation sites is 2. The zero-order valence-electron chi connectivity index (χ0n) is 12.1. The highest BCUT2D eigenvalue weighted by Gasteiger charge is 2.42. The van der Waals surface area contributed by atoms with Crippen LogP contribution in [0, 0.1) is 5.92 Å². The Morgan fingerprint density at radius 1 is 0.857 bits per heavy atom. The highest BCUT2D eigenvalue weighted by molar-refractivity contribution is 5.60. The second kappa shape index (κ2) is 5.41. The van der Waals surface area contributed by atoms with E-state index in [1.807, 2.05) is 0 Å². The molecule has 0 spiro atoms. The van der Waals surface area contributed by atoms with E-state index in [-0.39, 0.29) is 6.23 Å². The number of rotatable bonds is 2. The van der Waals surface area contributed by atoms with E-state index >= 15 is 0 Å². The predicted molar refractivity (Wildman–Crippen MR) is 85.2 cm³/mol. The van der Waals surface area contributed by atoms with E-state index in [1.54, 1.807) is 0 Å². The van der Waals surface area contributed by atoms with Gasteiger partial charge in [-0.1, -0.05) is 36.4 Å². The van der Waals surface area contributed by atoms with Gasteiger partial charge in [0.15, 0.2) is 6.23 Å². The Morgan fingerprint density at radius 2 is 1.52 bits per heavy atom. The zero-order chi connectivity index (χ0) is 14.1. The molecule has 2 aliphatic rings. The quantitative estimate of drug-likeness (QED) is 0.834. The Morgan fingerprint density at radius 3 is 2.24 bits per heavy atom. The maximum Gasteiger partial charge on any atom is 0.153 e. The van der Waals surface area contributed by atoms with E-state index in [0.717, 1.165) is 13.2 Å². The largest absolute Gasteiger partial charge is 0.356 e. The molecule has 0 radical (unpaired) electrons. The summed E-state index contributed by atoms with van der Waals surface area (Å²) in [4.78, 5) is 0. The lowest BCUT2D eigenvalue weighted by Crippen LogP contribution is -2.44. The molecule has 2 aromatic carbocycles. The molecule has 2 aliphatic heterocycles. The van der Waals surface area contributed by atoms with Crippen molar-refractivity contribution in [3.05, 3.63) is 60.7 Å². The summed E-state index contributed by atoms with van der Waals surface area (Å²) in [5, 5.41) is 4.70. The van der Waals surface area contributed by atoms with Gasteiger partial charge in [-0.25, -0.2) is 0 Å². The smallest absolute Gasteiger partial charge is 0.153 e. The molecule has 3 heteroatoms. The van der Waals surface area contributed by atoms with Crippen LogP contribution in [0.2, 0.25) is 0 Å². The van der Waals surface area contributed by atoms with E-state index in [1.165, 1.54) is 24.2 Å². The normalized spacial score (nSPS) is 25.0. The Kier molecular flexibility index (Phi) is 3.28. The lowest BCUT2D eigenvalue weighted by Gasteiger charge is -2.36. The first kappa shape index (κ1) is 12.7. The van der Waals surface area contributed by atoms with Gasteiger partial charge in [-0.2, -0.15) is 0 Å². The maximum atomic E-state index is 6.10. The molecular formula is C18H20N2O. The standard InChI is InChI=1S/C18H20N2O/c1-3-9-16(10-4-1)19-14-15-8-7-13-21-18(15)20(19)17-11-5-2-6-12-17/h1-6,9-12,15,18H,7-8,13-14H2. The number of hydrogen-bond donors (Lipinski definition) is 0. The van der Waals surface area contributed by atoms with Crippen molar-refractivity contribution < 1.29 is 4.74 Å². The fraction of sp³-hybridized carbons (Fsp3) is 0.333. The molecule has 108 valence electrons. The Labute approximate surface area is 125 Å². The third-order valence-electron chi connectivity index (χ3n) is 4.39. The van der Waals surface area contributed by atoms with Crippen LogP contribution in [0.1, 0.15) is 12.8 Å². The Bertz CT molecular complexity index is 587. The first-order chi connectivity index (χ1) is 10.4. The number of fused-ring (bicyclic) bond motifs is 1. The molecule has 0 aliphatic carbocycles. The minimum atomic E-state index is 0.168. The van der Waals surface area contributed by atoms with E-state index in [2.05, 4.69) is 70.7 Å². The van der Waals surface area contributed by atoms with Crippen LogP contribution in [0.25, 0.3) is 0 Å². The van der Waals surface area contributed by atoms with Crippen LogP contribution in [0.5, 0.6) is 0 Å². The summed E-state index contributed by atoms with van der Waals surface area (Å²) in [6.45, 7) is 1.90. The van der Waals surface area contributed by atoms with Crippen LogP contribution < -0.4 is 10.0 Å². The second-order valence-electron chi connectivity index (χ2n) is 5.76. The molecule has 4 rings (SSSR count). The SMILES string of the molecule is c1ccc(N2CC3CCCOC3N2c2ccccc2)cc1. The predicted octanol–water partition coefficient (Wildman–Crippen LogP) is 3.68. The number of ether oxygens (including phenoxy) is 1. The number of benzene rings is 2. The third-order valence-corrected chi connectivity index (χ3v) is 4.39. The van der Waals surface area contributed by atoms with Gasteiger partial charge in [0.1, 0.15) is 0 Å². The van der Waals surface area contributed by atoms with E-state index < -0.39 is 0 Å². The number of nitrogens with zero attached hydrogens (tertiary/aromatic N) is 2. The molecule has 0 aromatic heterocycles. The number of hydrogen-bond acceptors (Lipinski definition) is 3. The van der Waals surface area contributed by atoms with Crippen LogP contribution in [0.4, 0.5) is 11.4 Å². The van der Waals surface area contributed by atoms with Crippen molar-refractivity contribution in [2.45, 2.75) is 19.1 Å².